The molecule has 0 atom stereocenters. The summed E-state index contributed by atoms with van der Waals surface area (Å²) in [5.41, 5.74) is 0.430. The van der Waals surface area contributed by atoms with Crippen LogP contribution in [0.1, 0.15) is 30.9 Å². The molecule has 0 aliphatic rings. The summed E-state index contributed by atoms with van der Waals surface area (Å²) in [4.78, 5) is 11.2. The summed E-state index contributed by atoms with van der Waals surface area (Å²) in [5.74, 6) is -0.372. The molecular weight excluding hydrogens is 294 g/mol. The maximum Gasteiger partial charge on any atom is 0.306 e. The molecule has 2 nitrogen and oxygen atoms in total. The smallest absolute Gasteiger partial charge is 0.306 e. The first-order chi connectivity index (χ1) is 8.06. The van der Waals surface area contributed by atoms with Crippen molar-refractivity contribution >= 4 is 21.9 Å². The SMILES string of the molecule is CCOC(=O)CCc1c(Br)cccc1C(F)F. The third kappa shape index (κ3) is 4.07. The Kier molecular flexibility index (Phi) is 5.55. The number of rotatable bonds is 5. The van der Waals surface area contributed by atoms with Gasteiger partial charge >= 0.3 is 5.97 Å². The van der Waals surface area contributed by atoms with Crippen molar-refractivity contribution in [1.29, 1.82) is 0 Å². The van der Waals surface area contributed by atoms with Crippen molar-refractivity contribution in [3.63, 3.8) is 0 Å². The lowest BCUT2D eigenvalue weighted by Crippen LogP contribution is -2.07. The standard InChI is InChI=1S/C12H13BrF2O2/c1-2-17-11(16)7-6-8-9(12(14)15)4-3-5-10(8)13/h3-5,12H,2,6-7H2,1H3. The van der Waals surface area contributed by atoms with E-state index in [0.29, 0.717) is 16.6 Å². The number of alkyl halides is 2. The Morgan fingerprint density at radius 1 is 1.47 bits per heavy atom. The minimum Gasteiger partial charge on any atom is -0.466 e. The molecule has 0 spiro atoms. The first-order valence-electron chi connectivity index (χ1n) is 5.27. The minimum atomic E-state index is -2.54. The average molecular weight is 307 g/mol. The number of ether oxygens (including phenoxy) is 1. The lowest BCUT2D eigenvalue weighted by atomic mass is 10.0. The van der Waals surface area contributed by atoms with Gasteiger partial charge in [-0.3, -0.25) is 4.79 Å². The van der Waals surface area contributed by atoms with Crippen LogP contribution >= 0.6 is 15.9 Å². The fourth-order valence-corrected chi connectivity index (χ4v) is 2.08. The zero-order valence-electron chi connectivity index (χ0n) is 9.38. The molecule has 17 heavy (non-hydrogen) atoms. The molecule has 0 unspecified atom stereocenters. The van der Waals surface area contributed by atoms with E-state index in [-0.39, 0.29) is 24.4 Å². The molecule has 0 fully saturated rings. The van der Waals surface area contributed by atoms with E-state index in [1.165, 1.54) is 6.07 Å². The molecule has 0 saturated carbocycles. The van der Waals surface area contributed by atoms with Gasteiger partial charge in [0.15, 0.2) is 0 Å². The number of hydrogen-bond donors (Lipinski definition) is 0. The van der Waals surface area contributed by atoms with Gasteiger partial charge in [0.1, 0.15) is 0 Å². The van der Waals surface area contributed by atoms with Crippen LogP contribution in [-0.4, -0.2) is 12.6 Å². The van der Waals surface area contributed by atoms with Gasteiger partial charge in [0, 0.05) is 16.5 Å². The summed E-state index contributed by atoms with van der Waals surface area (Å²) in [6, 6.07) is 4.61. The first kappa shape index (κ1) is 14.1. The fourth-order valence-electron chi connectivity index (χ4n) is 1.50. The van der Waals surface area contributed by atoms with Gasteiger partial charge in [-0.05, 0) is 25.0 Å². The van der Waals surface area contributed by atoms with E-state index in [0.717, 1.165) is 0 Å². The van der Waals surface area contributed by atoms with Crippen LogP contribution in [0.3, 0.4) is 0 Å². The number of halogens is 3. The van der Waals surface area contributed by atoms with E-state index in [4.69, 9.17) is 4.74 Å². The zero-order chi connectivity index (χ0) is 12.8. The topological polar surface area (TPSA) is 26.3 Å². The maximum absolute atomic E-state index is 12.7. The molecule has 5 heteroatoms. The van der Waals surface area contributed by atoms with Crippen LogP contribution in [-0.2, 0) is 16.0 Å². The van der Waals surface area contributed by atoms with E-state index in [2.05, 4.69) is 15.9 Å². The van der Waals surface area contributed by atoms with Crippen molar-refractivity contribution in [3.8, 4) is 0 Å². The van der Waals surface area contributed by atoms with E-state index in [9.17, 15) is 13.6 Å². The molecule has 0 saturated heterocycles. The molecule has 1 aromatic carbocycles. The molecule has 94 valence electrons. The van der Waals surface area contributed by atoms with E-state index < -0.39 is 6.43 Å². The van der Waals surface area contributed by atoms with Crippen LogP contribution in [0.4, 0.5) is 8.78 Å². The molecular formula is C12H13BrF2O2. The summed E-state index contributed by atoms with van der Waals surface area (Å²) in [6.07, 6.45) is -2.18. The number of carbonyl (C=O) groups is 1. The quantitative estimate of drug-likeness (QED) is 0.772. The van der Waals surface area contributed by atoms with Gasteiger partial charge in [0.05, 0.1) is 6.61 Å². The number of esters is 1. The van der Waals surface area contributed by atoms with Crippen molar-refractivity contribution in [2.75, 3.05) is 6.61 Å². The highest BCUT2D eigenvalue weighted by molar-refractivity contribution is 9.10. The highest BCUT2D eigenvalue weighted by Crippen LogP contribution is 2.29. The average Bonchev–Trinajstić information content (AvgIpc) is 2.27. The summed E-state index contributed by atoms with van der Waals surface area (Å²) < 4.78 is 30.8. The van der Waals surface area contributed by atoms with Crippen LogP contribution in [0, 0.1) is 0 Å². The molecule has 0 aliphatic heterocycles. The third-order valence-electron chi connectivity index (χ3n) is 2.27. The maximum atomic E-state index is 12.7. The van der Waals surface area contributed by atoms with Gasteiger partial charge in [-0.25, -0.2) is 8.78 Å². The second kappa shape index (κ2) is 6.69. The van der Waals surface area contributed by atoms with Crippen LogP contribution in [0.15, 0.2) is 22.7 Å². The van der Waals surface area contributed by atoms with Gasteiger partial charge in [-0.1, -0.05) is 28.1 Å². The third-order valence-corrected chi connectivity index (χ3v) is 3.02. The molecule has 0 amide bonds. The van der Waals surface area contributed by atoms with Crippen molar-refractivity contribution in [2.45, 2.75) is 26.2 Å². The summed E-state index contributed by atoms with van der Waals surface area (Å²) in [6.45, 7) is 2.01. The monoisotopic (exact) mass is 306 g/mol. The van der Waals surface area contributed by atoms with Crippen LogP contribution in [0.2, 0.25) is 0 Å². The van der Waals surface area contributed by atoms with Crippen molar-refractivity contribution < 1.29 is 18.3 Å². The lowest BCUT2D eigenvalue weighted by Gasteiger charge is -2.10. The molecule has 0 aliphatic carbocycles. The summed E-state index contributed by atoms with van der Waals surface area (Å²) >= 11 is 3.22. The Bertz CT molecular complexity index is 394. The second-order valence-corrected chi connectivity index (χ2v) is 4.27. The molecule has 0 radical (unpaired) electrons. The van der Waals surface area contributed by atoms with Crippen molar-refractivity contribution in [1.82, 2.24) is 0 Å². The Hall–Kier alpha value is -0.970. The predicted molar refractivity (Wildman–Crippen MR) is 64.1 cm³/mol. The van der Waals surface area contributed by atoms with Crippen LogP contribution in [0.5, 0.6) is 0 Å². The molecule has 1 aromatic rings. The molecule has 0 aromatic heterocycles. The summed E-state index contributed by atoms with van der Waals surface area (Å²) in [5, 5.41) is 0. The second-order valence-electron chi connectivity index (χ2n) is 3.41. The Balaban J connectivity index is 2.79. The number of carbonyl (C=O) groups excluding carboxylic acids is 1. The van der Waals surface area contributed by atoms with Gasteiger partial charge in [-0.15, -0.1) is 0 Å². The number of benzene rings is 1. The highest BCUT2D eigenvalue weighted by Gasteiger charge is 2.16. The predicted octanol–water partition coefficient (Wildman–Crippen LogP) is 3.88. The minimum absolute atomic E-state index is 0.0383. The van der Waals surface area contributed by atoms with Gasteiger partial charge < -0.3 is 4.74 Å². The Morgan fingerprint density at radius 2 is 2.18 bits per heavy atom. The summed E-state index contributed by atoms with van der Waals surface area (Å²) in [7, 11) is 0. The van der Waals surface area contributed by atoms with Gasteiger partial charge in [0.25, 0.3) is 6.43 Å². The van der Waals surface area contributed by atoms with Gasteiger partial charge in [-0.2, -0.15) is 0 Å². The largest absolute Gasteiger partial charge is 0.466 e. The molecule has 0 heterocycles. The molecule has 0 bridgehead atoms. The molecule has 1 rings (SSSR count). The van der Waals surface area contributed by atoms with E-state index in [1.807, 2.05) is 0 Å². The normalized spacial score (nSPS) is 10.6. The molecule has 0 N–H and O–H groups in total. The van der Waals surface area contributed by atoms with Crippen molar-refractivity contribution in [3.05, 3.63) is 33.8 Å². The zero-order valence-corrected chi connectivity index (χ0v) is 11.0. The van der Waals surface area contributed by atoms with Crippen LogP contribution < -0.4 is 0 Å². The number of hydrogen-bond acceptors (Lipinski definition) is 2. The highest BCUT2D eigenvalue weighted by atomic mass is 79.9. The fraction of sp³-hybridized carbons (Fsp3) is 0.417. The lowest BCUT2D eigenvalue weighted by molar-refractivity contribution is -0.143. The van der Waals surface area contributed by atoms with Crippen LogP contribution in [0.25, 0.3) is 0 Å². The van der Waals surface area contributed by atoms with E-state index in [1.54, 1.807) is 19.1 Å². The Morgan fingerprint density at radius 3 is 2.76 bits per heavy atom. The van der Waals surface area contributed by atoms with Crippen molar-refractivity contribution in [2.24, 2.45) is 0 Å². The first-order valence-corrected chi connectivity index (χ1v) is 6.06. The van der Waals surface area contributed by atoms with E-state index >= 15 is 0 Å². The van der Waals surface area contributed by atoms with Gasteiger partial charge in [0.2, 0.25) is 0 Å². The Labute approximate surface area is 107 Å².